The van der Waals surface area contributed by atoms with Gasteiger partial charge in [-0.1, -0.05) is 177 Å². The molecular weight excluding hydrogens is 594 g/mol. The van der Waals surface area contributed by atoms with Gasteiger partial charge in [0.2, 0.25) is 0 Å². The van der Waals surface area contributed by atoms with Crippen molar-refractivity contribution in [1.29, 1.82) is 0 Å². The van der Waals surface area contributed by atoms with E-state index in [1.165, 1.54) is 37.9 Å². The molecule has 0 radical (unpaired) electrons. The van der Waals surface area contributed by atoms with Gasteiger partial charge in [0.25, 0.3) is 0 Å². The van der Waals surface area contributed by atoms with Crippen molar-refractivity contribution in [2.24, 2.45) is 0 Å². The molecule has 46 heavy (non-hydrogen) atoms. The van der Waals surface area contributed by atoms with Crippen LogP contribution in [0.5, 0.6) is 0 Å². The Labute approximate surface area is 278 Å². The third kappa shape index (κ3) is 9.56. The maximum Gasteiger partial charge on any atom is 0.0368 e. The Morgan fingerprint density at radius 3 is 1.65 bits per heavy atom. The summed E-state index contributed by atoms with van der Waals surface area (Å²) in [5.41, 5.74) is 3.98. The first-order valence-corrected chi connectivity index (χ1v) is 19.0. The minimum Gasteiger partial charge on any atom is -0.312 e. The van der Waals surface area contributed by atoms with Gasteiger partial charge in [0, 0.05) is 19.1 Å². The smallest absolute Gasteiger partial charge is 0.0368 e. The van der Waals surface area contributed by atoms with Gasteiger partial charge in [0.1, 0.15) is 0 Å². The molecule has 5 aromatic carbocycles. The molecule has 2 atom stereocenters. The van der Waals surface area contributed by atoms with Gasteiger partial charge in [0.15, 0.2) is 0 Å². The molecule has 0 amide bonds. The average Bonchev–Trinajstić information content (AvgIpc) is 3.13. The average molecular weight is 639 g/mol. The molecule has 5 rings (SSSR count). The molecule has 0 aromatic heterocycles. The van der Waals surface area contributed by atoms with Crippen LogP contribution in [0, 0.1) is 0 Å². The topological polar surface area (TPSA) is 24.1 Å². The van der Waals surface area contributed by atoms with E-state index in [9.17, 15) is 0 Å². The standard InChI is InChI=1S/C42H44N2P2/c1-3-19-38(4-2)46(41-28-15-8-16-29-41)34-42(35-20-9-5-10-21-35)44-33-37-23-18-17-22-36(37)32-43-30-31-45(39-24-11-6-12-25-39)40-26-13-7-14-27-40/h3-29,42-44H,1-2,30-34H2/b38-19+. The van der Waals surface area contributed by atoms with Crippen LogP contribution < -0.4 is 26.5 Å². The molecule has 0 spiro atoms. The maximum atomic E-state index is 4.17. The Balaban J connectivity index is 1.28. The number of benzene rings is 5. The van der Waals surface area contributed by atoms with Gasteiger partial charge < -0.3 is 10.6 Å². The normalized spacial score (nSPS) is 12.8. The molecule has 0 heterocycles. The Morgan fingerprint density at radius 1 is 0.609 bits per heavy atom. The molecule has 0 fully saturated rings. The van der Waals surface area contributed by atoms with E-state index in [-0.39, 0.29) is 6.04 Å². The van der Waals surface area contributed by atoms with Crippen LogP contribution in [0.1, 0.15) is 22.7 Å². The lowest BCUT2D eigenvalue weighted by Crippen LogP contribution is -2.27. The number of nitrogens with one attached hydrogen (secondary N) is 2. The van der Waals surface area contributed by atoms with Crippen molar-refractivity contribution in [1.82, 2.24) is 10.6 Å². The SMILES string of the molecule is C=C/C=C(\C=C)P(CC(NCc1ccccc1CNCCP(c1ccccc1)c1ccccc1)c1ccccc1)c1ccccc1. The van der Waals surface area contributed by atoms with E-state index in [4.69, 9.17) is 0 Å². The number of allylic oxidation sites excluding steroid dienone is 4. The predicted molar refractivity (Wildman–Crippen MR) is 204 cm³/mol. The molecule has 232 valence electrons. The van der Waals surface area contributed by atoms with Crippen molar-refractivity contribution in [3.63, 3.8) is 0 Å². The summed E-state index contributed by atoms with van der Waals surface area (Å²) in [5, 5.41) is 13.2. The Bertz CT molecular complexity index is 1610. The zero-order valence-electron chi connectivity index (χ0n) is 26.5. The highest BCUT2D eigenvalue weighted by molar-refractivity contribution is 7.73. The lowest BCUT2D eigenvalue weighted by Gasteiger charge is -2.27. The highest BCUT2D eigenvalue weighted by Crippen LogP contribution is 2.47. The summed E-state index contributed by atoms with van der Waals surface area (Å²) < 4.78 is 0. The van der Waals surface area contributed by atoms with Gasteiger partial charge in [-0.15, -0.1) is 0 Å². The van der Waals surface area contributed by atoms with Crippen LogP contribution in [0.2, 0.25) is 0 Å². The fourth-order valence-corrected chi connectivity index (χ4v) is 10.4. The molecule has 2 nitrogen and oxygen atoms in total. The molecule has 0 bridgehead atoms. The van der Waals surface area contributed by atoms with Crippen molar-refractivity contribution in [3.05, 3.63) is 199 Å². The summed E-state index contributed by atoms with van der Waals surface area (Å²) in [7, 11) is -1.04. The van der Waals surface area contributed by atoms with Crippen LogP contribution >= 0.6 is 15.8 Å². The van der Waals surface area contributed by atoms with Crippen LogP contribution in [-0.2, 0) is 13.1 Å². The van der Waals surface area contributed by atoms with Crippen LogP contribution in [0.25, 0.3) is 0 Å². The second-order valence-electron chi connectivity index (χ2n) is 11.1. The Kier molecular flexibility index (Phi) is 13.3. The molecule has 5 aromatic rings. The van der Waals surface area contributed by atoms with E-state index in [0.717, 1.165) is 32.0 Å². The van der Waals surface area contributed by atoms with Crippen molar-refractivity contribution in [3.8, 4) is 0 Å². The fourth-order valence-electron chi connectivity index (χ4n) is 5.69. The number of rotatable bonds is 17. The van der Waals surface area contributed by atoms with Gasteiger partial charge in [-0.3, -0.25) is 0 Å². The van der Waals surface area contributed by atoms with Gasteiger partial charge in [0.05, 0.1) is 0 Å². The van der Waals surface area contributed by atoms with Gasteiger partial charge in [-0.25, -0.2) is 0 Å². The maximum absolute atomic E-state index is 4.17. The summed E-state index contributed by atoms with van der Waals surface area (Å²) >= 11 is 0. The first kappa shape index (κ1) is 33.5. The fraction of sp³-hybridized carbons (Fsp3) is 0.143. The summed E-state index contributed by atoms with van der Waals surface area (Å²) in [6.45, 7) is 10.8. The number of hydrogen-bond acceptors (Lipinski definition) is 2. The van der Waals surface area contributed by atoms with E-state index < -0.39 is 15.8 Å². The molecule has 2 N–H and O–H groups in total. The predicted octanol–water partition coefficient (Wildman–Crippen LogP) is 8.80. The van der Waals surface area contributed by atoms with Crippen LogP contribution in [-0.4, -0.2) is 18.9 Å². The van der Waals surface area contributed by atoms with Crippen LogP contribution in [0.3, 0.4) is 0 Å². The molecule has 0 saturated carbocycles. The molecule has 4 heteroatoms. The lowest BCUT2D eigenvalue weighted by atomic mass is 10.1. The minimum atomic E-state index is -0.634. The van der Waals surface area contributed by atoms with Crippen LogP contribution in [0.15, 0.2) is 182 Å². The summed E-state index contributed by atoms with van der Waals surface area (Å²) in [4.78, 5) is 0. The van der Waals surface area contributed by atoms with Crippen molar-refractivity contribution >= 4 is 31.8 Å². The van der Waals surface area contributed by atoms with Gasteiger partial charge >= 0.3 is 0 Å². The highest BCUT2D eigenvalue weighted by atomic mass is 31.1. The monoisotopic (exact) mass is 638 g/mol. The summed E-state index contributed by atoms with van der Waals surface area (Å²) in [5.74, 6) is 0. The van der Waals surface area contributed by atoms with Crippen molar-refractivity contribution in [2.75, 3.05) is 18.9 Å². The van der Waals surface area contributed by atoms with E-state index in [0.29, 0.717) is 0 Å². The minimum absolute atomic E-state index is 0.182. The first-order valence-electron chi connectivity index (χ1n) is 16.0. The third-order valence-corrected chi connectivity index (χ3v) is 13.2. The van der Waals surface area contributed by atoms with Crippen molar-refractivity contribution in [2.45, 2.75) is 19.1 Å². The van der Waals surface area contributed by atoms with Crippen molar-refractivity contribution < 1.29 is 0 Å². The Morgan fingerprint density at radius 2 is 1.11 bits per heavy atom. The van der Waals surface area contributed by atoms with E-state index in [1.807, 2.05) is 12.2 Å². The first-order chi connectivity index (χ1) is 22.8. The summed E-state index contributed by atoms with van der Waals surface area (Å²) in [6.07, 6.45) is 8.08. The van der Waals surface area contributed by atoms with Crippen LogP contribution in [0.4, 0.5) is 0 Å². The molecular formula is C42H44N2P2. The Hall–Kier alpha value is -3.90. The lowest BCUT2D eigenvalue weighted by molar-refractivity contribution is 0.575. The number of hydrogen-bond donors (Lipinski definition) is 2. The molecule has 2 unspecified atom stereocenters. The quantitative estimate of drug-likeness (QED) is 0.0605. The molecule has 0 aliphatic heterocycles. The van der Waals surface area contributed by atoms with Gasteiger partial charge in [-0.05, 0) is 72.6 Å². The zero-order chi connectivity index (χ0) is 31.8. The van der Waals surface area contributed by atoms with E-state index in [1.54, 1.807) is 0 Å². The van der Waals surface area contributed by atoms with E-state index in [2.05, 4.69) is 175 Å². The molecule has 0 aliphatic rings. The second-order valence-corrected chi connectivity index (χ2v) is 15.7. The third-order valence-electron chi connectivity index (χ3n) is 8.07. The van der Waals surface area contributed by atoms with E-state index >= 15 is 0 Å². The largest absolute Gasteiger partial charge is 0.312 e. The highest BCUT2D eigenvalue weighted by Gasteiger charge is 2.21. The van der Waals surface area contributed by atoms with Gasteiger partial charge in [-0.2, -0.15) is 0 Å². The second kappa shape index (κ2) is 18.3. The zero-order valence-corrected chi connectivity index (χ0v) is 28.3. The molecule has 0 aliphatic carbocycles. The molecule has 0 saturated heterocycles. The summed E-state index contributed by atoms with van der Waals surface area (Å²) in [6, 6.07) is 52.7.